The van der Waals surface area contributed by atoms with Gasteiger partial charge in [-0.1, -0.05) is 30.9 Å². The van der Waals surface area contributed by atoms with E-state index in [-0.39, 0.29) is 6.03 Å². The standard InChI is InChI=1S/C15H17N3O2S/c1-2-8-20-13-6-4-3-5-12(13)10-17-15(19)18-11-14-16-7-9-21-14/h2-7,9H,1,8,10-11H2,(H2,17,18,19). The lowest BCUT2D eigenvalue weighted by Crippen LogP contribution is -2.34. The summed E-state index contributed by atoms with van der Waals surface area (Å²) in [5, 5.41) is 8.31. The molecule has 0 bridgehead atoms. The topological polar surface area (TPSA) is 63.2 Å². The molecule has 2 aromatic rings. The molecule has 1 aromatic heterocycles. The molecular formula is C15H17N3O2S. The van der Waals surface area contributed by atoms with Crippen LogP contribution in [-0.2, 0) is 13.1 Å². The van der Waals surface area contributed by atoms with Crippen molar-refractivity contribution in [1.29, 1.82) is 0 Å². The van der Waals surface area contributed by atoms with Gasteiger partial charge in [0.15, 0.2) is 0 Å². The molecule has 6 heteroatoms. The second-order valence-electron chi connectivity index (χ2n) is 4.17. The number of rotatable bonds is 7. The van der Waals surface area contributed by atoms with Crippen LogP contribution in [0.5, 0.6) is 5.75 Å². The van der Waals surface area contributed by atoms with Gasteiger partial charge >= 0.3 is 6.03 Å². The zero-order chi connectivity index (χ0) is 14.9. The third kappa shape index (κ3) is 4.92. The minimum Gasteiger partial charge on any atom is -0.489 e. The van der Waals surface area contributed by atoms with Gasteiger partial charge in [0.2, 0.25) is 0 Å². The van der Waals surface area contributed by atoms with Gasteiger partial charge < -0.3 is 15.4 Å². The van der Waals surface area contributed by atoms with E-state index in [1.165, 1.54) is 11.3 Å². The third-order valence-electron chi connectivity index (χ3n) is 2.65. The van der Waals surface area contributed by atoms with E-state index in [1.54, 1.807) is 12.3 Å². The molecule has 0 aliphatic rings. The maximum atomic E-state index is 11.7. The monoisotopic (exact) mass is 303 g/mol. The molecule has 0 saturated carbocycles. The number of carbonyl (C=O) groups excluding carboxylic acids is 1. The SMILES string of the molecule is C=CCOc1ccccc1CNC(=O)NCc1nccs1. The number of amides is 2. The summed E-state index contributed by atoms with van der Waals surface area (Å²) in [5.74, 6) is 0.748. The van der Waals surface area contributed by atoms with Crippen LogP contribution in [0.2, 0.25) is 0 Å². The van der Waals surface area contributed by atoms with Crippen molar-refractivity contribution in [3.05, 3.63) is 59.1 Å². The summed E-state index contributed by atoms with van der Waals surface area (Å²) in [6, 6.07) is 7.35. The summed E-state index contributed by atoms with van der Waals surface area (Å²) < 4.78 is 5.54. The number of nitrogens with one attached hydrogen (secondary N) is 2. The van der Waals surface area contributed by atoms with Crippen molar-refractivity contribution in [3.8, 4) is 5.75 Å². The van der Waals surface area contributed by atoms with Gasteiger partial charge in [-0.15, -0.1) is 11.3 Å². The molecule has 0 saturated heterocycles. The number of para-hydroxylation sites is 1. The predicted octanol–water partition coefficient (Wildman–Crippen LogP) is 2.71. The Hall–Kier alpha value is -2.34. The molecule has 0 spiro atoms. The average molecular weight is 303 g/mol. The number of ether oxygens (including phenoxy) is 1. The highest BCUT2D eigenvalue weighted by Crippen LogP contribution is 2.17. The Balaban J connectivity index is 1.81. The molecule has 0 unspecified atom stereocenters. The normalized spacial score (nSPS) is 9.90. The largest absolute Gasteiger partial charge is 0.489 e. The van der Waals surface area contributed by atoms with Gasteiger partial charge in [-0.2, -0.15) is 0 Å². The van der Waals surface area contributed by atoms with Crippen LogP contribution in [0.4, 0.5) is 4.79 Å². The average Bonchev–Trinajstić information content (AvgIpc) is 3.03. The van der Waals surface area contributed by atoms with Crippen molar-refractivity contribution in [2.24, 2.45) is 0 Å². The highest BCUT2D eigenvalue weighted by molar-refractivity contribution is 7.09. The van der Waals surface area contributed by atoms with E-state index in [2.05, 4.69) is 22.2 Å². The quantitative estimate of drug-likeness (QED) is 0.773. The van der Waals surface area contributed by atoms with Crippen molar-refractivity contribution in [2.45, 2.75) is 13.1 Å². The van der Waals surface area contributed by atoms with Crippen molar-refractivity contribution < 1.29 is 9.53 Å². The maximum absolute atomic E-state index is 11.7. The first-order valence-corrected chi connectivity index (χ1v) is 7.39. The molecule has 0 fully saturated rings. The van der Waals surface area contributed by atoms with E-state index in [1.807, 2.05) is 29.6 Å². The summed E-state index contributed by atoms with van der Waals surface area (Å²) in [6.07, 6.45) is 3.40. The van der Waals surface area contributed by atoms with Crippen molar-refractivity contribution in [3.63, 3.8) is 0 Å². The molecule has 1 aromatic carbocycles. The first-order valence-electron chi connectivity index (χ1n) is 6.51. The molecule has 2 amide bonds. The maximum Gasteiger partial charge on any atom is 0.315 e. The number of carbonyl (C=O) groups is 1. The summed E-state index contributed by atoms with van der Waals surface area (Å²) in [4.78, 5) is 15.8. The predicted molar refractivity (Wildman–Crippen MR) is 83.3 cm³/mol. The van der Waals surface area contributed by atoms with Gasteiger partial charge in [-0.25, -0.2) is 9.78 Å². The van der Waals surface area contributed by atoms with Crippen molar-refractivity contribution >= 4 is 17.4 Å². The Morgan fingerprint density at radius 1 is 1.33 bits per heavy atom. The van der Waals surface area contributed by atoms with Crippen molar-refractivity contribution in [2.75, 3.05) is 6.61 Å². The van der Waals surface area contributed by atoms with E-state index in [4.69, 9.17) is 4.74 Å². The molecular weight excluding hydrogens is 286 g/mol. The molecule has 2 N–H and O–H groups in total. The van der Waals surface area contributed by atoms with Crippen LogP contribution in [0.3, 0.4) is 0 Å². The van der Waals surface area contributed by atoms with Gasteiger partial charge in [0.25, 0.3) is 0 Å². The number of aromatic nitrogens is 1. The van der Waals surface area contributed by atoms with E-state index in [0.717, 1.165) is 16.3 Å². The van der Waals surface area contributed by atoms with Crippen LogP contribution in [0.25, 0.3) is 0 Å². The first-order chi connectivity index (χ1) is 10.3. The number of hydrogen-bond acceptors (Lipinski definition) is 4. The van der Waals surface area contributed by atoms with Crippen molar-refractivity contribution in [1.82, 2.24) is 15.6 Å². The van der Waals surface area contributed by atoms with Crippen LogP contribution in [0.15, 0.2) is 48.5 Å². The minimum absolute atomic E-state index is 0.233. The summed E-state index contributed by atoms with van der Waals surface area (Å²) in [6.45, 7) is 4.88. The number of urea groups is 1. The lowest BCUT2D eigenvalue weighted by Gasteiger charge is -2.11. The molecule has 2 rings (SSSR count). The lowest BCUT2D eigenvalue weighted by molar-refractivity contribution is 0.240. The lowest BCUT2D eigenvalue weighted by atomic mass is 10.2. The smallest absolute Gasteiger partial charge is 0.315 e. The van der Waals surface area contributed by atoms with Crippen LogP contribution in [-0.4, -0.2) is 17.6 Å². The van der Waals surface area contributed by atoms with Gasteiger partial charge in [0.05, 0.1) is 6.54 Å². The Bertz CT molecular complexity index is 584. The number of nitrogens with zero attached hydrogens (tertiary/aromatic N) is 1. The van der Waals surface area contributed by atoms with E-state index >= 15 is 0 Å². The Morgan fingerprint density at radius 3 is 2.90 bits per heavy atom. The van der Waals surface area contributed by atoms with E-state index in [9.17, 15) is 4.79 Å². The fourth-order valence-electron chi connectivity index (χ4n) is 1.67. The highest BCUT2D eigenvalue weighted by Gasteiger charge is 2.05. The van der Waals surface area contributed by atoms with Crippen LogP contribution >= 0.6 is 11.3 Å². The zero-order valence-corrected chi connectivity index (χ0v) is 12.4. The van der Waals surface area contributed by atoms with Gasteiger partial charge in [-0.3, -0.25) is 0 Å². The van der Waals surface area contributed by atoms with Crippen LogP contribution in [0.1, 0.15) is 10.6 Å². The molecule has 21 heavy (non-hydrogen) atoms. The summed E-state index contributed by atoms with van der Waals surface area (Å²) >= 11 is 1.51. The van der Waals surface area contributed by atoms with E-state index in [0.29, 0.717) is 19.7 Å². The minimum atomic E-state index is -0.233. The Morgan fingerprint density at radius 2 is 2.14 bits per heavy atom. The second-order valence-corrected chi connectivity index (χ2v) is 5.15. The second kappa shape index (κ2) is 8.06. The molecule has 1 heterocycles. The van der Waals surface area contributed by atoms with E-state index < -0.39 is 0 Å². The zero-order valence-electron chi connectivity index (χ0n) is 11.5. The Kier molecular flexibility index (Phi) is 5.78. The highest BCUT2D eigenvalue weighted by atomic mass is 32.1. The molecule has 110 valence electrons. The number of benzene rings is 1. The summed E-state index contributed by atoms with van der Waals surface area (Å²) in [5.41, 5.74) is 0.920. The molecule has 0 radical (unpaired) electrons. The van der Waals surface area contributed by atoms with Gasteiger partial charge in [0.1, 0.15) is 17.4 Å². The number of hydrogen-bond donors (Lipinski definition) is 2. The number of thiazole rings is 1. The molecule has 0 aliphatic heterocycles. The fourth-order valence-corrected chi connectivity index (χ4v) is 2.23. The molecule has 5 nitrogen and oxygen atoms in total. The molecule has 0 aliphatic carbocycles. The summed E-state index contributed by atoms with van der Waals surface area (Å²) in [7, 11) is 0. The van der Waals surface area contributed by atoms with Crippen LogP contribution in [0, 0.1) is 0 Å². The van der Waals surface area contributed by atoms with Gasteiger partial charge in [-0.05, 0) is 6.07 Å². The molecule has 0 atom stereocenters. The third-order valence-corrected chi connectivity index (χ3v) is 3.43. The first kappa shape index (κ1) is 15.1. The van der Waals surface area contributed by atoms with Gasteiger partial charge in [0, 0.05) is 23.7 Å². The Labute approximate surface area is 127 Å². The fraction of sp³-hybridized carbons (Fsp3) is 0.200. The van der Waals surface area contributed by atoms with Crippen LogP contribution < -0.4 is 15.4 Å².